The molecule has 0 spiro atoms. The van der Waals surface area contributed by atoms with E-state index in [9.17, 15) is 4.79 Å². The molecule has 0 aromatic heterocycles. The highest BCUT2D eigenvalue weighted by Gasteiger charge is 2.01. The van der Waals surface area contributed by atoms with Gasteiger partial charge in [-0.2, -0.15) is 0 Å². The van der Waals surface area contributed by atoms with E-state index in [0.717, 1.165) is 25.0 Å². The van der Waals surface area contributed by atoms with Crippen molar-refractivity contribution in [2.75, 3.05) is 20.6 Å². The van der Waals surface area contributed by atoms with Crippen LogP contribution in [-0.2, 0) is 4.79 Å². The number of amides is 1. The minimum atomic E-state index is 0.101. The van der Waals surface area contributed by atoms with Gasteiger partial charge in [0.2, 0.25) is 5.91 Å². The third kappa shape index (κ3) is 21.2. The van der Waals surface area contributed by atoms with Gasteiger partial charge in [0.15, 0.2) is 0 Å². The Bertz CT molecular complexity index is 288. The number of hydrogen-bond acceptors (Lipinski definition) is 2. The maximum absolute atomic E-state index is 11.6. The molecule has 0 fully saturated rings. The van der Waals surface area contributed by atoms with E-state index < -0.39 is 0 Å². The Labute approximate surface area is 152 Å². The average molecular weight is 341 g/mol. The van der Waals surface area contributed by atoms with Crippen molar-refractivity contribution in [3.63, 3.8) is 0 Å². The van der Waals surface area contributed by atoms with E-state index >= 15 is 0 Å². The van der Waals surface area contributed by atoms with Crippen LogP contribution in [0.2, 0.25) is 0 Å². The van der Waals surface area contributed by atoms with Crippen LogP contribution < -0.4 is 10.6 Å². The van der Waals surface area contributed by atoms with Crippen LogP contribution in [-0.4, -0.2) is 26.5 Å². The molecule has 0 unspecified atom stereocenters. The summed E-state index contributed by atoms with van der Waals surface area (Å²) in [5.41, 5.74) is 0.874. The number of carbonyl (C=O) groups excluding carboxylic acids is 1. The molecule has 0 aliphatic carbocycles. The summed E-state index contributed by atoms with van der Waals surface area (Å²) in [4.78, 5) is 11.6. The molecule has 0 atom stereocenters. The molecule has 0 radical (unpaired) electrons. The van der Waals surface area contributed by atoms with Gasteiger partial charge < -0.3 is 10.6 Å². The molecule has 2 N–H and O–H groups in total. The predicted molar refractivity (Wildman–Crippen MR) is 109 cm³/mol. The molecule has 0 aliphatic rings. The van der Waals surface area contributed by atoms with Crippen molar-refractivity contribution in [2.24, 2.45) is 0 Å². The summed E-state index contributed by atoms with van der Waals surface area (Å²) in [7, 11) is 3.75. The molecule has 0 aromatic rings. The quantitative estimate of drug-likeness (QED) is 0.319. The van der Waals surface area contributed by atoms with Crippen LogP contribution in [0, 0.1) is 0 Å². The first-order chi connectivity index (χ1) is 11.6. The van der Waals surface area contributed by atoms with Gasteiger partial charge in [-0.3, -0.25) is 4.79 Å². The lowest BCUT2D eigenvalue weighted by molar-refractivity contribution is -0.117. The highest BCUT2D eigenvalue weighted by Crippen LogP contribution is 2.11. The van der Waals surface area contributed by atoms with E-state index in [-0.39, 0.29) is 5.91 Å². The molecule has 0 heterocycles. The van der Waals surface area contributed by atoms with E-state index in [2.05, 4.69) is 30.6 Å². The van der Waals surface area contributed by atoms with Gasteiger partial charge >= 0.3 is 0 Å². The van der Waals surface area contributed by atoms with Crippen molar-refractivity contribution in [1.82, 2.24) is 10.6 Å². The monoisotopic (exact) mass is 340 g/mol. The van der Waals surface area contributed by atoms with E-state index in [4.69, 9.17) is 0 Å². The second-order valence-electron chi connectivity index (χ2n) is 6.61. The lowest BCUT2D eigenvalue weighted by Gasteiger charge is -2.04. The molecular formula is C21H44N2O. The summed E-state index contributed by atoms with van der Waals surface area (Å²) < 4.78 is 0. The molecule has 0 aromatic carbocycles. The molecule has 0 saturated carbocycles. The Morgan fingerprint density at radius 2 is 1.25 bits per heavy atom. The Morgan fingerprint density at radius 3 is 1.71 bits per heavy atom. The smallest absolute Gasteiger partial charge is 0.246 e. The maximum atomic E-state index is 11.6. The summed E-state index contributed by atoms with van der Waals surface area (Å²) in [6.45, 7) is 7.04. The fraction of sp³-hybridized carbons (Fsp3) is 0.857. The van der Waals surface area contributed by atoms with E-state index in [0.29, 0.717) is 0 Å². The van der Waals surface area contributed by atoms with Gasteiger partial charge in [-0.1, -0.05) is 77.7 Å². The van der Waals surface area contributed by atoms with Crippen LogP contribution in [0.1, 0.15) is 97.8 Å². The molecule has 1 amide bonds. The van der Waals surface area contributed by atoms with Crippen molar-refractivity contribution in [3.8, 4) is 0 Å². The number of allylic oxidation sites excluding steroid dienone is 1. The lowest BCUT2D eigenvalue weighted by Crippen LogP contribution is -2.24. The van der Waals surface area contributed by atoms with Gasteiger partial charge in [0.1, 0.15) is 0 Å². The normalized spacial score (nSPS) is 11.0. The average Bonchev–Trinajstić information content (AvgIpc) is 2.58. The molecule has 24 heavy (non-hydrogen) atoms. The van der Waals surface area contributed by atoms with Gasteiger partial charge in [0.25, 0.3) is 0 Å². The SMILES string of the molecule is CCCCCCCCCCCCC=C(C)C(=O)NCCC.CNC. The zero-order valence-corrected chi connectivity index (χ0v) is 17.2. The summed E-state index contributed by atoms with van der Waals surface area (Å²) >= 11 is 0. The highest BCUT2D eigenvalue weighted by atomic mass is 16.1. The molecule has 0 saturated heterocycles. The summed E-state index contributed by atoms with van der Waals surface area (Å²) in [6.07, 6.45) is 17.8. The van der Waals surface area contributed by atoms with Gasteiger partial charge in [0, 0.05) is 12.1 Å². The minimum Gasteiger partial charge on any atom is -0.352 e. The minimum absolute atomic E-state index is 0.101. The van der Waals surface area contributed by atoms with Crippen molar-refractivity contribution < 1.29 is 4.79 Å². The number of rotatable bonds is 14. The second kappa shape index (κ2) is 22.2. The third-order valence-corrected chi connectivity index (χ3v) is 3.90. The molecular weight excluding hydrogens is 296 g/mol. The number of carbonyl (C=O) groups is 1. The summed E-state index contributed by atoms with van der Waals surface area (Å²) in [5.74, 6) is 0.101. The fourth-order valence-corrected chi connectivity index (χ4v) is 2.42. The zero-order chi connectivity index (χ0) is 18.5. The van der Waals surface area contributed by atoms with Crippen molar-refractivity contribution in [1.29, 1.82) is 0 Å². The lowest BCUT2D eigenvalue weighted by atomic mass is 10.1. The topological polar surface area (TPSA) is 41.1 Å². The Kier molecular flexibility index (Phi) is 23.5. The molecule has 0 aliphatic heterocycles. The molecule has 3 nitrogen and oxygen atoms in total. The Balaban J connectivity index is 0. The van der Waals surface area contributed by atoms with Crippen LogP contribution >= 0.6 is 0 Å². The maximum Gasteiger partial charge on any atom is 0.246 e. The van der Waals surface area contributed by atoms with Crippen LogP contribution in [0.5, 0.6) is 0 Å². The number of unbranched alkanes of at least 4 members (excludes halogenated alkanes) is 10. The Hall–Kier alpha value is -0.830. The first-order valence-electron chi connectivity index (χ1n) is 10.2. The first-order valence-corrected chi connectivity index (χ1v) is 10.2. The summed E-state index contributed by atoms with van der Waals surface area (Å²) in [5, 5.41) is 5.66. The summed E-state index contributed by atoms with van der Waals surface area (Å²) in [6, 6.07) is 0. The fourth-order valence-electron chi connectivity index (χ4n) is 2.42. The molecule has 0 rings (SSSR count). The number of nitrogens with one attached hydrogen (secondary N) is 2. The third-order valence-electron chi connectivity index (χ3n) is 3.90. The molecule has 144 valence electrons. The standard InChI is InChI=1S/C19H37NO.C2H7N/c1-4-6-7-8-9-10-11-12-13-14-15-16-18(3)19(21)20-17-5-2;1-3-2/h16H,4-15,17H2,1-3H3,(H,20,21);3H,1-2H3. The van der Waals surface area contributed by atoms with Crippen LogP contribution in [0.4, 0.5) is 0 Å². The number of hydrogen-bond donors (Lipinski definition) is 2. The van der Waals surface area contributed by atoms with Gasteiger partial charge in [0.05, 0.1) is 0 Å². The van der Waals surface area contributed by atoms with E-state index in [1.165, 1.54) is 64.2 Å². The van der Waals surface area contributed by atoms with Crippen molar-refractivity contribution in [3.05, 3.63) is 11.6 Å². The van der Waals surface area contributed by atoms with Crippen molar-refractivity contribution in [2.45, 2.75) is 97.8 Å². The first kappa shape index (κ1) is 25.4. The van der Waals surface area contributed by atoms with Gasteiger partial charge in [-0.05, 0) is 40.3 Å². The van der Waals surface area contributed by atoms with Gasteiger partial charge in [-0.25, -0.2) is 0 Å². The Morgan fingerprint density at radius 1 is 0.792 bits per heavy atom. The zero-order valence-electron chi connectivity index (χ0n) is 17.2. The second-order valence-corrected chi connectivity index (χ2v) is 6.61. The molecule has 0 bridgehead atoms. The van der Waals surface area contributed by atoms with E-state index in [1.54, 1.807) is 0 Å². The van der Waals surface area contributed by atoms with Crippen LogP contribution in [0.3, 0.4) is 0 Å². The van der Waals surface area contributed by atoms with Crippen LogP contribution in [0.15, 0.2) is 11.6 Å². The molecule has 3 heteroatoms. The van der Waals surface area contributed by atoms with E-state index in [1.807, 2.05) is 21.0 Å². The predicted octanol–water partition coefficient (Wildman–Crippen LogP) is 5.61. The van der Waals surface area contributed by atoms with Crippen molar-refractivity contribution >= 4 is 5.91 Å². The van der Waals surface area contributed by atoms with Gasteiger partial charge in [-0.15, -0.1) is 0 Å². The highest BCUT2D eigenvalue weighted by molar-refractivity contribution is 5.92. The van der Waals surface area contributed by atoms with Crippen LogP contribution in [0.25, 0.3) is 0 Å². The largest absolute Gasteiger partial charge is 0.352 e.